The van der Waals surface area contributed by atoms with E-state index in [0.717, 1.165) is 12.1 Å². The van der Waals surface area contributed by atoms with E-state index >= 15 is 0 Å². The van der Waals surface area contributed by atoms with Gasteiger partial charge in [0, 0.05) is 11.6 Å². The summed E-state index contributed by atoms with van der Waals surface area (Å²) in [5, 5.41) is 0. The van der Waals surface area contributed by atoms with Gasteiger partial charge < -0.3 is 4.98 Å². The van der Waals surface area contributed by atoms with Crippen LogP contribution in [0.3, 0.4) is 0 Å². The third-order valence-corrected chi connectivity index (χ3v) is 4.78. The minimum atomic E-state index is -4.99. The van der Waals surface area contributed by atoms with Crippen LogP contribution in [0.15, 0.2) is 54.9 Å². The number of pyridine rings is 1. The maximum Gasteiger partial charge on any atom is 0.416 e. The Kier molecular flexibility index (Phi) is 5.14. The van der Waals surface area contributed by atoms with E-state index in [0.29, 0.717) is 17.1 Å². The highest BCUT2D eigenvalue weighted by Gasteiger charge is 2.38. The fraction of sp³-hybridized carbons (Fsp3) is 0.143. The van der Waals surface area contributed by atoms with Gasteiger partial charge in [0.2, 0.25) is 0 Å². The van der Waals surface area contributed by atoms with Crippen LogP contribution in [0.5, 0.6) is 0 Å². The first-order valence-corrected chi connectivity index (χ1v) is 9.04. The van der Waals surface area contributed by atoms with Crippen LogP contribution in [-0.4, -0.2) is 9.97 Å². The molecule has 4 rings (SSSR count). The van der Waals surface area contributed by atoms with E-state index in [1.165, 1.54) is 35.2 Å². The number of rotatable bonds is 3. The Hall–Kier alpha value is -3.50. The van der Waals surface area contributed by atoms with Crippen LogP contribution < -0.4 is 4.57 Å². The van der Waals surface area contributed by atoms with E-state index in [4.69, 9.17) is 0 Å². The number of alkyl halides is 6. The second kappa shape index (κ2) is 7.57. The molecule has 0 aliphatic rings. The number of aromatic amines is 1. The molecule has 2 heterocycles. The molecule has 4 aromatic rings. The van der Waals surface area contributed by atoms with E-state index in [-0.39, 0.29) is 29.6 Å². The number of H-pyrrole nitrogens is 1. The van der Waals surface area contributed by atoms with Crippen molar-refractivity contribution in [2.75, 3.05) is 0 Å². The molecule has 0 spiro atoms. The maximum absolute atomic E-state index is 14.0. The fourth-order valence-corrected chi connectivity index (χ4v) is 3.26. The Morgan fingerprint density at radius 3 is 2.34 bits per heavy atom. The van der Waals surface area contributed by atoms with Gasteiger partial charge in [-0.2, -0.15) is 30.9 Å². The molecule has 0 fully saturated rings. The van der Waals surface area contributed by atoms with Gasteiger partial charge in [0.15, 0.2) is 30.6 Å². The number of imidazole rings is 1. The molecule has 0 saturated heterocycles. The van der Waals surface area contributed by atoms with Gasteiger partial charge in [-0.1, -0.05) is 12.1 Å². The van der Waals surface area contributed by atoms with Crippen LogP contribution in [0.4, 0.5) is 35.1 Å². The van der Waals surface area contributed by atoms with Gasteiger partial charge in [-0.25, -0.2) is 13.8 Å². The molecule has 166 valence electrons. The molecule has 0 atom stereocenters. The number of nitrogens with zero attached hydrogens (tertiary/aromatic N) is 2. The van der Waals surface area contributed by atoms with Gasteiger partial charge in [-0.3, -0.25) is 0 Å². The minimum absolute atomic E-state index is 0.0141. The molecule has 0 radical (unpaired) electrons. The van der Waals surface area contributed by atoms with Crippen LogP contribution >= 0.6 is 0 Å². The molecular weight excluding hydrogens is 446 g/mol. The van der Waals surface area contributed by atoms with Crippen molar-refractivity contribution in [3.05, 3.63) is 83.2 Å². The normalized spacial score (nSPS) is 12.5. The highest BCUT2D eigenvalue weighted by molar-refractivity contribution is 5.77. The second-order valence-corrected chi connectivity index (χ2v) is 6.97. The zero-order valence-electron chi connectivity index (χ0n) is 15.8. The first-order valence-electron chi connectivity index (χ1n) is 9.04. The highest BCUT2D eigenvalue weighted by Crippen LogP contribution is 2.37. The average molecular weight is 458 g/mol. The molecule has 11 heteroatoms. The first kappa shape index (κ1) is 21.7. The Morgan fingerprint density at radius 1 is 0.906 bits per heavy atom. The fourth-order valence-electron chi connectivity index (χ4n) is 3.26. The van der Waals surface area contributed by atoms with Crippen LogP contribution in [0.2, 0.25) is 0 Å². The van der Waals surface area contributed by atoms with Crippen molar-refractivity contribution in [2.45, 2.75) is 18.9 Å². The van der Waals surface area contributed by atoms with E-state index in [9.17, 15) is 35.1 Å². The number of benzene rings is 2. The van der Waals surface area contributed by atoms with Crippen molar-refractivity contribution in [1.29, 1.82) is 0 Å². The van der Waals surface area contributed by atoms with Crippen molar-refractivity contribution in [3.8, 4) is 11.4 Å². The number of aromatic nitrogens is 3. The molecule has 0 unspecified atom stereocenters. The van der Waals surface area contributed by atoms with Crippen molar-refractivity contribution in [3.63, 3.8) is 0 Å². The summed E-state index contributed by atoms with van der Waals surface area (Å²) in [6.45, 7) is -0.383. The summed E-state index contributed by atoms with van der Waals surface area (Å²) in [5.41, 5.74) is -2.65. The van der Waals surface area contributed by atoms with Gasteiger partial charge >= 0.3 is 12.4 Å². The van der Waals surface area contributed by atoms with Gasteiger partial charge in [-0.15, -0.1) is 0 Å². The molecule has 0 aliphatic heterocycles. The lowest BCUT2D eigenvalue weighted by Crippen LogP contribution is -2.34. The third-order valence-electron chi connectivity index (χ3n) is 4.78. The van der Waals surface area contributed by atoms with Crippen LogP contribution in [0, 0.1) is 11.6 Å². The van der Waals surface area contributed by atoms with E-state index in [1.54, 1.807) is 0 Å². The molecule has 1 N–H and O–H groups in total. The van der Waals surface area contributed by atoms with Gasteiger partial charge in [0.25, 0.3) is 0 Å². The summed E-state index contributed by atoms with van der Waals surface area (Å²) in [5.74, 6) is -2.17. The third kappa shape index (κ3) is 4.14. The van der Waals surface area contributed by atoms with Crippen molar-refractivity contribution >= 4 is 11.0 Å². The summed E-state index contributed by atoms with van der Waals surface area (Å²) >= 11 is 0. The van der Waals surface area contributed by atoms with Crippen molar-refractivity contribution < 1.29 is 39.7 Å². The van der Waals surface area contributed by atoms with Crippen LogP contribution in [-0.2, 0) is 18.9 Å². The van der Waals surface area contributed by atoms with E-state index < -0.39 is 35.1 Å². The lowest BCUT2D eigenvalue weighted by molar-refractivity contribution is -0.687. The van der Waals surface area contributed by atoms with Crippen LogP contribution in [0.25, 0.3) is 22.4 Å². The van der Waals surface area contributed by atoms with E-state index in [1.807, 2.05) is 0 Å². The summed E-state index contributed by atoms with van der Waals surface area (Å²) in [7, 11) is 0. The predicted octanol–water partition coefficient (Wildman–Crippen LogP) is 5.88. The molecular formula is C21H12F8N3+. The lowest BCUT2D eigenvalue weighted by Gasteiger charge is -2.14. The zero-order valence-corrected chi connectivity index (χ0v) is 15.8. The zero-order chi connectivity index (χ0) is 23.3. The van der Waals surface area contributed by atoms with Gasteiger partial charge in [0.05, 0.1) is 16.7 Å². The molecule has 32 heavy (non-hydrogen) atoms. The van der Waals surface area contributed by atoms with Crippen molar-refractivity contribution in [1.82, 2.24) is 9.97 Å². The highest BCUT2D eigenvalue weighted by atomic mass is 19.4. The molecule has 0 amide bonds. The number of hydrogen-bond donors (Lipinski definition) is 1. The molecule has 0 aliphatic carbocycles. The number of halogens is 8. The molecule has 2 aromatic heterocycles. The predicted molar refractivity (Wildman–Crippen MR) is 97.2 cm³/mol. The van der Waals surface area contributed by atoms with Gasteiger partial charge in [-0.05, 0) is 24.3 Å². The lowest BCUT2D eigenvalue weighted by atomic mass is 10.0. The summed E-state index contributed by atoms with van der Waals surface area (Å²) in [6, 6.07) is 6.43. The largest absolute Gasteiger partial charge is 0.416 e. The van der Waals surface area contributed by atoms with Crippen molar-refractivity contribution in [2.24, 2.45) is 0 Å². The monoisotopic (exact) mass is 458 g/mol. The maximum atomic E-state index is 14.0. The number of nitrogens with one attached hydrogen (secondary N) is 1. The van der Waals surface area contributed by atoms with E-state index in [2.05, 4.69) is 9.97 Å². The molecule has 3 nitrogen and oxygen atoms in total. The first-order chi connectivity index (χ1) is 14.9. The number of hydrogen-bond acceptors (Lipinski definition) is 1. The minimum Gasteiger partial charge on any atom is -0.333 e. The summed E-state index contributed by atoms with van der Waals surface area (Å²) in [6.07, 6.45) is -7.14. The quantitative estimate of drug-likeness (QED) is 0.302. The SMILES string of the molecule is Fc1cccc(-c2nc3cc[n+](Cc4ccc(C(F)(F)F)cc4C(F)(F)F)cc3[nH]2)c1F. The average Bonchev–Trinajstić information content (AvgIpc) is 3.12. The Bertz CT molecular complexity index is 1300. The Morgan fingerprint density at radius 2 is 1.66 bits per heavy atom. The summed E-state index contributed by atoms with van der Waals surface area (Å²) < 4.78 is 107. The van der Waals surface area contributed by atoms with Gasteiger partial charge in [0.1, 0.15) is 16.9 Å². The molecule has 0 bridgehead atoms. The smallest absolute Gasteiger partial charge is 0.333 e. The second-order valence-electron chi connectivity index (χ2n) is 6.97. The summed E-state index contributed by atoms with van der Waals surface area (Å²) in [4.78, 5) is 6.92. The molecule has 0 saturated carbocycles. The molecule has 2 aromatic carbocycles. The van der Waals surface area contributed by atoms with Crippen LogP contribution in [0.1, 0.15) is 16.7 Å². The Labute approximate surface area is 175 Å². The standard InChI is InChI=1S/C21H11F8N3/c22-15-3-1-2-13(18(15)23)19-30-16-6-7-32(10-17(16)31-19)9-11-4-5-12(20(24,25)26)8-14(11)21(27,28)29/h1-8,10H,9H2/p+1. The Balaban J connectivity index is 1.72. The topological polar surface area (TPSA) is 32.6 Å². The number of fused-ring (bicyclic) bond motifs is 1.